The molecule has 1 amide bonds. The zero-order valence-corrected chi connectivity index (χ0v) is 18.1. The molecule has 1 atom stereocenters. The second-order valence-corrected chi connectivity index (χ2v) is 9.02. The topological polar surface area (TPSA) is 32.3 Å². The largest absolute Gasteiger partial charge is 0.372 e. The molecule has 0 aliphatic carbocycles. The molecule has 2 aromatic carbocycles. The molecule has 1 aliphatic rings. The number of anilines is 1. The fourth-order valence-corrected chi connectivity index (χ4v) is 4.46. The molecule has 0 bridgehead atoms. The maximum absolute atomic E-state index is 12.3. The van der Waals surface area contributed by atoms with Gasteiger partial charge in [0.15, 0.2) is 0 Å². The zero-order chi connectivity index (χ0) is 19.9. The van der Waals surface area contributed by atoms with Gasteiger partial charge >= 0.3 is 0 Å². The molecule has 0 aromatic heterocycles. The molecule has 0 spiro atoms. The quantitative estimate of drug-likeness (QED) is 0.685. The molecule has 1 N–H and O–H groups in total. The Kier molecular flexibility index (Phi) is 7.43. The lowest BCUT2D eigenvalue weighted by atomic mass is 9.98. The number of rotatable bonds is 7. The minimum absolute atomic E-state index is 0.0301. The fourth-order valence-electron chi connectivity index (χ4n) is 3.67. The van der Waals surface area contributed by atoms with Crippen LogP contribution < -0.4 is 10.2 Å². The lowest BCUT2D eigenvalue weighted by molar-refractivity contribution is -0.119. The highest BCUT2D eigenvalue weighted by molar-refractivity contribution is 7.99. The van der Waals surface area contributed by atoms with Crippen molar-refractivity contribution in [3.8, 4) is 0 Å². The molecule has 4 heteroatoms. The van der Waals surface area contributed by atoms with Crippen molar-refractivity contribution in [2.45, 2.75) is 45.4 Å². The average molecular weight is 397 g/mol. The lowest BCUT2D eigenvalue weighted by Crippen LogP contribution is -2.32. The molecule has 0 saturated carbocycles. The van der Waals surface area contributed by atoms with Crippen molar-refractivity contribution in [1.29, 1.82) is 0 Å². The van der Waals surface area contributed by atoms with Crippen molar-refractivity contribution >= 4 is 23.4 Å². The van der Waals surface area contributed by atoms with E-state index in [1.54, 1.807) is 11.8 Å². The molecule has 150 valence electrons. The summed E-state index contributed by atoms with van der Waals surface area (Å²) in [4.78, 5) is 14.8. The predicted octanol–water partition coefficient (Wildman–Crippen LogP) is 5.34. The van der Waals surface area contributed by atoms with Crippen LogP contribution in [-0.2, 0) is 10.5 Å². The van der Waals surface area contributed by atoms with E-state index in [0.717, 1.165) is 30.3 Å². The Morgan fingerprint density at radius 2 is 1.89 bits per heavy atom. The zero-order valence-electron chi connectivity index (χ0n) is 17.3. The van der Waals surface area contributed by atoms with Crippen LogP contribution in [-0.4, -0.2) is 24.7 Å². The van der Waals surface area contributed by atoms with Gasteiger partial charge in [0.25, 0.3) is 0 Å². The third-order valence-electron chi connectivity index (χ3n) is 5.50. The van der Waals surface area contributed by atoms with Gasteiger partial charge in [0.05, 0.1) is 11.8 Å². The predicted molar refractivity (Wildman–Crippen MR) is 121 cm³/mol. The van der Waals surface area contributed by atoms with E-state index in [1.807, 2.05) is 0 Å². The summed E-state index contributed by atoms with van der Waals surface area (Å²) in [6.07, 6.45) is 2.54. The van der Waals surface area contributed by atoms with Gasteiger partial charge in [-0.1, -0.05) is 48.9 Å². The molecule has 28 heavy (non-hydrogen) atoms. The van der Waals surface area contributed by atoms with Crippen molar-refractivity contribution in [3.63, 3.8) is 0 Å². The molecule has 1 aliphatic heterocycles. The van der Waals surface area contributed by atoms with E-state index >= 15 is 0 Å². The first-order valence-corrected chi connectivity index (χ1v) is 11.4. The Bertz CT molecular complexity index is 766. The van der Waals surface area contributed by atoms with Crippen molar-refractivity contribution in [3.05, 3.63) is 65.2 Å². The first kappa shape index (κ1) is 20.8. The molecular weight excluding hydrogens is 364 g/mol. The van der Waals surface area contributed by atoms with Crippen LogP contribution in [0.2, 0.25) is 0 Å². The van der Waals surface area contributed by atoms with Crippen molar-refractivity contribution < 1.29 is 4.79 Å². The minimum Gasteiger partial charge on any atom is -0.372 e. The number of amides is 1. The van der Waals surface area contributed by atoms with E-state index < -0.39 is 0 Å². The first-order valence-electron chi connectivity index (χ1n) is 10.3. The maximum atomic E-state index is 12.3. The van der Waals surface area contributed by atoms with Crippen molar-refractivity contribution in [2.75, 3.05) is 23.7 Å². The third-order valence-corrected chi connectivity index (χ3v) is 6.51. The number of nitrogens with one attached hydrogen (secondary N) is 1. The van der Waals surface area contributed by atoms with Gasteiger partial charge in [-0.25, -0.2) is 0 Å². The Morgan fingerprint density at radius 3 is 2.57 bits per heavy atom. The Balaban J connectivity index is 1.44. The van der Waals surface area contributed by atoms with Gasteiger partial charge in [0.1, 0.15) is 0 Å². The second-order valence-electron chi connectivity index (χ2n) is 8.03. The van der Waals surface area contributed by atoms with Gasteiger partial charge in [-0.05, 0) is 55.9 Å². The monoisotopic (exact) mass is 396 g/mol. The summed E-state index contributed by atoms with van der Waals surface area (Å²) in [6.45, 7) is 8.78. The summed E-state index contributed by atoms with van der Waals surface area (Å²) in [6, 6.07) is 17.2. The van der Waals surface area contributed by atoms with Crippen LogP contribution in [0.3, 0.4) is 0 Å². The number of hydrogen-bond donors (Lipinski definition) is 1. The highest BCUT2D eigenvalue weighted by Gasteiger charge is 2.16. The second kappa shape index (κ2) is 10.0. The number of thioether (sulfide) groups is 1. The van der Waals surface area contributed by atoms with E-state index in [2.05, 4.69) is 79.5 Å². The molecule has 3 nitrogen and oxygen atoms in total. The summed E-state index contributed by atoms with van der Waals surface area (Å²) in [5, 5.41) is 3.13. The minimum atomic E-state index is 0.0301. The van der Waals surface area contributed by atoms with Crippen LogP contribution in [0.1, 0.15) is 49.4 Å². The van der Waals surface area contributed by atoms with Gasteiger partial charge < -0.3 is 10.2 Å². The summed E-state index contributed by atoms with van der Waals surface area (Å²) in [5.74, 6) is 2.29. The molecule has 1 heterocycles. The van der Waals surface area contributed by atoms with Crippen LogP contribution >= 0.6 is 11.8 Å². The van der Waals surface area contributed by atoms with E-state index in [4.69, 9.17) is 0 Å². The SMILES string of the molecule is Cc1cccc(CSCC(=O)N[C@@H](C)c2ccc(N3CCC(C)CC3)cc2)c1. The summed E-state index contributed by atoms with van der Waals surface area (Å²) in [5.41, 5.74) is 4.99. The fraction of sp³-hybridized carbons (Fsp3) is 0.458. The van der Waals surface area contributed by atoms with E-state index in [1.165, 1.54) is 29.7 Å². The van der Waals surface area contributed by atoms with Crippen LogP contribution in [0.5, 0.6) is 0 Å². The number of hydrogen-bond acceptors (Lipinski definition) is 3. The van der Waals surface area contributed by atoms with Crippen LogP contribution in [0.15, 0.2) is 48.5 Å². The number of aryl methyl sites for hydroxylation is 1. The van der Waals surface area contributed by atoms with Crippen LogP contribution in [0.25, 0.3) is 0 Å². The van der Waals surface area contributed by atoms with Gasteiger partial charge in [0.2, 0.25) is 5.91 Å². The molecule has 1 fully saturated rings. The first-order chi connectivity index (χ1) is 13.5. The summed E-state index contributed by atoms with van der Waals surface area (Å²) in [7, 11) is 0. The van der Waals surface area contributed by atoms with Crippen molar-refractivity contribution in [1.82, 2.24) is 5.32 Å². The standard InChI is InChI=1S/C24H32N2OS/c1-18-11-13-26(14-12-18)23-9-7-22(8-10-23)20(3)25-24(27)17-28-16-21-6-4-5-19(2)15-21/h4-10,15,18,20H,11-14,16-17H2,1-3H3,(H,25,27)/t20-/m0/s1. The molecular formula is C24H32N2OS. The average Bonchev–Trinajstić information content (AvgIpc) is 2.69. The highest BCUT2D eigenvalue weighted by atomic mass is 32.2. The Labute approximate surface area is 173 Å². The molecule has 3 rings (SSSR count). The van der Waals surface area contributed by atoms with Gasteiger partial charge in [-0.2, -0.15) is 0 Å². The number of nitrogens with zero attached hydrogens (tertiary/aromatic N) is 1. The van der Waals surface area contributed by atoms with E-state index in [0.29, 0.717) is 5.75 Å². The highest BCUT2D eigenvalue weighted by Crippen LogP contribution is 2.24. The third kappa shape index (κ3) is 6.03. The molecule has 0 unspecified atom stereocenters. The summed E-state index contributed by atoms with van der Waals surface area (Å²) >= 11 is 1.66. The Morgan fingerprint density at radius 1 is 1.18 bits per heavy atom. The van der Waals surface area contributed by atoms with Gasteiger partial charge in [0, 0.05) is 24.5 Å². The van der Waals surface area contributed by atoms with Crippen molar-refractivity contribution in [2.24, 2.45) is 5.92 Å². The normalized spacial score (nSPS) is 16.0. The van der Waals surface area contributed by atoms with Gasteiger partial charge in [-0.3, -0.25) is 4.79 Å². The van der Waals surface area contributed by atoms with Gasteiger partial charge in [-0.15, -0.1) is 11.8 Å². The Hall–Kier alpha value is -1.94. The molecule has 2 aromatic rings. The lowest BCUT2D eigenvalue weighted by Gasteiger charge is -2.32. The summed E-state index contributed by atoms with van der Waals surface area (Å²) < 4.78 is 0. The van der Waals surface area contributed by atoms with E-state index in [9.17, 15) is 4.79 Å². The van der Waals surface area contributed by atoms with Crippen LogP contribution in [0.4, 0.5) is 5.69 Å². The molecule has 0 radical (unpaired) electrons. The number of carbonyl (C=O) groups excluding carboxylic acids is 1. The van der Waals surface area contributed by atoms with Crippen LogP contribution in [0, 0.1) is 12.8 Å². The number of piperidine rings is 1. The smallest absolute Gasteiger partial charge is 0.230 e. The number of benzene rings is 2. The maximum Gasteiger partial charge on any atom is 0.230 e. The molecule has 1 saturated heterocycles. The van der Waals surface area contributed by atoms with E-state index in [-0.39, 0.29) is 11.9 Å². The number of carbonyl (C=O) groups is 1.